The van der Waals surface area contributed by atoms with E-state index < -0.39 is 0 Å². The smallest absolute Gasteiger partial charge is 0.0521 e. The summed E-state index contributed by atoms with van der Waals surface area (Å²) >= 11 is 0. The number of nitrogens with one attached hydrogen (secondary N) is 1. The fraction of sp³-hybridized carbons (Fsp3) is 0.750. The minimum atomic E-state index is 0.863. The summed E-state index contributed by atoms with van der Waals surface area (Å²) in [6.07, 6.45) is 9.55. The van der Waals surface area contributed by atoms with Crippen molar-refractivity contribution in [1.82, 2.24) is 15.1 Å². The van der Waals surface area contributed by atoms with E-state index in [1.54, 1.807) is 0 Å². The molecule has 1 N–H and O–H groups in total. The zero-order chi connectivity index (χ0) is 10.7. The van der Waals surface area contributed by atoms with Gasteiger partial charge in [-0.05, 0) is 50.3 Å². The van der Waals surface area contributed by atoms with Crippen molar-refractivity contribution < 1.29 is 0 Å². The van der Waals surface area contributed by atoms with Gasteiger partial charge in [-0.25, -0.2) is 0 Å². The van der Waals surface area contributed by atoms with Crippen molar-refractivity contribution in [2.75, 3.05) is 13.6 Å². The van der Waals surface area contributed by atoms with Crippen LogP contribution in [0, 0.1) is 11.8 Å². The Bertz CT molecular complexity index is 306. The van der Waals surface area contributed by atoms with Crippen molar-refractivity contribution in [3.05, 3.63) is 18.0 Å². The highest BCUT2D eigenvalue weighted by Gasteiger charge is 2.26. The molecular formula is C12H21N3. The van der Waals surface area contributed by atoms with Gasteiger partial charge < -0.3 is 5.32 Å². The van der Waals surface area contributed by atoms with Crippen LogP contribution in [-0.2, 0) is 13.5 Å². The molecule has 0 radical (unpaired) electrons. The Morgan fingerprint density at radius 1 is 1.47 bits per heavy atom. The van der Waals surface area contributed by atoms with E-state index in [9.17, 15) is 0 Å². The lowest BCUT2D eigenvalue weighted by Gasteiger charge is -2.18. The largest absolute Gasteiger partial charge is 0.319 e. The van der Waals surface area contributed by atoms with Gasteiger partial charge in [0.15, 0.2) is 0 Å². The molecule has 1 aromatic rings. The fourth-order valence-electron chi connectivity index (χ4n) is 2.79. The molecule has 0 saturated heterocycles. The van der Waals surface area contributed by atoms with Gasteiger partial charge in [0.25, 0.3) is 0 Å². The van der Waals surface area contributed by atoms with Gasteiger partial charge >= 0.3 is 0 Å². The Hall–Kier alpha value is -0.830. The van der Waals surface area contributed by atoms with Crippen LogP contribution in [0.5, 0.6) is 0 Å². The van der Waals surface area contributed by atoms with E-state index in [-0.39, 0.29) is 0 Å². The van der Waals surface area contributed by atoms with E-state index >= 15 is 0 Å². The fourth-order valence-corrected chi connectivity index (χ4v) is 2.79. The molecule has 1 aliphatic carbocycles. The molecule has 1 aliphatic rings. The van der Waals surface area contributed by atoms with Crippen molar-refractivity contribution >= 4 is 0 Å². The first-order chi connectivity index (χ1) is 7.29. The molecule has 1 heterocycles. The number of rotatable bonds is 4. The van der Waals surface area contributed by atoms with Crippen molar-refractivity contribution in [1.29, 1.82) is 0 Å². The molecule has 15 heavy (non-hydrogen) atoms. The van der Waals surface area contributed by atoms with Crippen LogP contribution in [0.25, 0.3) is 0 Å². The first-order valence-electron chi connectivity index (χ1n) is 5.91. The highest BCUT2D eigenvalue weighted by atomic mass is 15.2. The van der Waals surface area contributed by atoms with Gasteiger partial charge in [-0.1, -0.05) is 6.42 Å². The number of aryl methyl sites for hydroxylation is 1. The maximum absolute atomic E-state index is 4.23. The van der Waals surface area contributed by atoms with Crippen molar-refractivity contribution in [3.8, 4) is 0 Å². The average Bonchev–Trinajstić information content (AvgIpc) is 2.78. The first kappa shape index (κ1) is 10.7. The quantitative estimate of drug-likeness (QED) is 0.812. The van der Waals surface area contributed by atoms with Gasteiger partial charge in [0, 0.05) is 13.2 Å². The minimum absolute atomic E-state index is 0.863. The predicted molar refractivity (Wildman–Crippen MR) is 61.7 cm³/mol. The summed E-state index contributed by atoms with van der Waals surface area (Å²) in [5, 5.41) is 7.54. The van der Waals surface area contributed by atoms with Gasteiger partial charge in [-0.2, -0.15) is 5.10 Å². The second-order valence-electron chi connectivity index (χ2n) is 4.74. The summed E-state index contributed by atoms with van der Waals surface area (Å²) in [6.45, 7) is 1.17. The summed E-state index contributed by atoms with van der Waals surface area (Å²) in [5.41, 5.74) is 1.39. The third kappa shape index (κ3) is 2.59. The van der Waals surface area contributed by atoms with Gasteiger partial charge in [-0.15, -0.1) is 0 Å². The Morgan fingerprint density at radius 2 is 2.27 bits per heavy atom. The van der Waals surface area contributed by atoms with Crippen molar-refractivity contribution in [3.63, 3.8) is 0 Å². The molecular weight excluding hydrogens is 186 g/mol. The molecule has 1 saturated carbocycles. The lowest BCUT2D eigenvalue weighted by Crippen LogP contribution is -2.23. The molecule has 1 aromatic heterocycles. The van der Waals surface area contributed by atoms with E-state index in [1.807, 2.05) is 17.9 Å². The highest BCUT2D eigenvalue weighted by Crippen LogP contribution is 2.33. The monoisotopic (exact) mass is 207 g/mol. The van der Waals surface area contributed by atoms with E-state index in [0.717, 1.165) is 11.8 Å². The SMILES string of the molecule is CNCC1CCCC1Cc1cnn(C)c1. The van der Waals surface area contributed by atoms with E-state index in [0.29, 0.717) is 0 Å². The van der Waals surface area contributed by atoms with Gasteiger partial charge in [-0.3, -0.25) is 4.68 Å². The molecule has 0 amide bonds. The summed E-state index contributed by atoms with van der Waals surface area (Å²) in [4.78, 5) is 0. The highest BCUT2D eigenvalue weighted by molar-refractivity contribution is 5.06. The van der Waals surface area contributed by atoms with Crippen LogP contribution in [0.3, 0.4) is 0 Å². The molecule has 0 aromatic carbocycles. The molecule has 2 atom stereocenters. The van der Waals surface area contributed by atoms with Crippen LogP contribution in [-0.4, -0.2) is 23.4 Å². The molecule has 84 valence electrons. The normalized spacial score (nSPS) is 26.0. The Morgan fingerprint density at radius 3 is 2.93 bits per heavy atom. The molecule has 0 spiro atoms. The topological polar surface area (TPSA) is 29.9 Å². The third-order valence-electron chi connectivity index (χ3n) is 3.54. The van der Waals surface area contributed by atoms with Crippen LogP contribution in [0.4, 0.5) is 0 Å². The van der Waals surface area contributed by atoms with Crippen LogP contribution in [0.2, 0.25) is 0 Å². The second kappa shape index (κ2) is 4.79. The third-order valence-corrected chi connectivity index (χ3v) is 3.54. The average molecular weight is 207 g/mol. The lowest BCUT2D eigenvalue weighted by atomic mass is 9.91. The van der Waals surface area contributed by atoms with Crippen LogP contribution in [0.15, 0.2) is 12.4 Å². The number of hydrogen-bond acceptors (Lipinski definition) is 2. The standard InChI is InChI=1S/C12H21N3/c1-13-8-12-5-3-4-11(12)6-10-7-14-15(2)9-10/h7,9,11-13H,3-6,8H2,1-2H3. The van der Waals surface area contributed by atoms with E-state index in [4.69, 9.17) is 0 Å². The molecule has 3 heteroatoms. The van der Waals surface area contributed by atoms with Crippen molar-refractivity contribution in [2.24, 2.45) is 18.9 Å². The van der Waals surface area contributed by atoms with Crippen LogP contribution < -0.4 is 5.32 Å². The molecule has 0 aliphatic heterocycles. The lowest BCUT2D eigenvalue weighted by molar-refractivity contribution is 0.374. The Balaban J connectivity index is 1.93. The number of nitrogens with zero attached hydrogens (tertiary/aromatic N) is 2. The number of hydrogen-bond donors (Lipinski definition) is 1. The summed E-state index contributed by atoms with van der Waals surface area (Å²) in [7, 11) is 4.04. The molecule has 0 bridgehead atoms. The summed E-state index contributed by atoms with van der Waals surface area (Å²) in [5.74, 6) is 1.73. The molecule has 3 nitrogen and oxygen atoms in total. The number of aromatic nitrogens is 2. The summed E-state index contributed by atoms with van der Waals surface area (Å²) < 4.78 is 1.90. The zero-order valence-electron chi connectivity index (χ0n) is 9.74. The van der Waals surface area contributed by atoms with E-state index in [2.05, 4.69) is 23.7 Å². The summed E-state index contributed by atoms with van der Waals surface area (Å²) in [6, 6.07) is 0. The van der Waals surface area contributed by atoms with Gasteiger partial charge in [0.1, 0.15) is 0 Å². The van der Waals surface area contributed by atoms with Crippen LogP contribution in [0.1, 0.15) is 24.8 Å². The maximum atomic E-state index is 4.23. The second-order valence-corrected chi connectivity index (χ2v) is 4.74. The predicted octanol–water partition coefficient (Wildman–Crippen LogP) is 1.60. The van der Waals surface area contributed by atoms with E-state index in [1.165, 1.54) is 37.8 Å². The molecule has 2 unspecified atom stereocenters. The first-order valence-corrected chi connectivity index (χ1v) is 5.91. The van der Waals surface area contributed by atoms with Crippen molar-refractivity contribution in [2.45, 2.75) is 25.7 Å². The maximum Gasteiger partial charge on any atom is 0.0521 e. The van der Waals surface area contributed by atoms with Gasteiger partial charge in [0.05, 0.1) is 6.20 Å². The molecule has 2 rings (SSSR count). The zero-order valence-corrected chi connectivity index (χ0v) is 9.74. The Kier molecular flexibility index (Phi) is 3.41. The Labute approximate surface area is 91.9 Å². The minimum Gasteiger partial charge on any atom is -0.319 e. The van der Waals surface area contributed by atoms with Gasteiger partial charge in [0.2, 0.25) is 0 Å². The molecule has 1 fully saturated rings. The van der Waals surface area contributed by atoms with Crippen LogP contribution >= 0.6 is 0 Å².